The van der Waals surface area contributed by atoms with Crippen LogP contribution in [0.4, 0.5) is 8.78 Å². The second-order valence-corrected chi connectivity index (χ2v) is 4.79. The first-order valence-corrected chi connectivity index (χ1v) is 6.90. The molecule has 0 aliphatic heterocycles. The topological polar surface area (TPSA) is 55.4 Å². The molecule has 0 aromatic heterocycles. The van der Waals surface area contributed by atoms with Crippen LogP contribution in [0.15, 0.2) is 30.9 Å². The Morgan fingerprint density at radius 2 is 2.09 bits per heavy atom. The van der Waals surface area contributed by atoms with Crippen molar-refractivity contribution in [1.29, 1.82) is 0 Å². The zero-order valence-corrected chi connectivity index (χ0v) is 12.4. The van der Waals surface area contributed by atoms with Crippen molar-refractivity contribution in [3.8, 4) is 0 Å². The molecule has 0 heterocycles. The Morgan fingerprint density at radius 1 is 1.36 bits per heavy atom. The third-order valence-electron chi connectivity index (χ3n) is 3.07. The molecule has 0 aliphatic rings. The summed E-state index contributed by atoms with van der Waals surface area (Å²) < 4.78 is 30.6. The van der Waals surface area contributed by atoms with Crippen molar-refractivity contribution in [3.05, 3.63) is 48.1 Å². The molecule has 0 spiro atoms. The number of hydrogen-bond donors (Lipinski definition) is 1. The van der Waals surface area contributed by atoms with Gasteiger partial charge in [-0.1, -0.05) is 12.1 Å². The minimum atomic E-state index is -1.01. The summed E-state index contributed by atoms with van der Waals surface area (Å²) in [4.78, 5) is 23.5. The quantitative estimate of drug-likeness (QED) is 0.456. The van der Waals surface area contributed by atoms with E-state index in [0.717, 1.165) is 12.1 Å². The van der Waals surface area contributed by atoms with Gasteiger partial charge in [0.1, 0.15) is 6.04 Å². The van der Waals surface area contributed by atoms with E-state index in [4.69, 9.17) is 0 Å². The highest BCUT2D eigenvalue weighted by atomic mass is 19.2. The first kappa shape index (κ1) is 17.8. The highest BCUT2D eigenvalue weighted by Gasteiger charge is 2.21. The highest BCUT2D eigenvalue weighted by Crippen LogP contribution is 2.10. The van der Waals surface area contributed by atoms with Crippen molar-refractivity contribution >= 4 is 11.9 Å². The Morgan fingerprint density at radius 3 is 2.68 bits per heavy atom. The maximum atomic E-state index is 13.1. The molecule has 1 atom stereocenters. The van der Waals surface area contributed by atoms with Gasteiger partial charge >= 0.3 is 5.97 Å². The average molecular weight is 311 g/mol. The van der Waals surface area contributed by atoms with Crippen molar-refractivity contribution in [3.63, 3.8) is 0 Å². The zero-order chi connectivity index (χ0) is 16.5. The zero-order valence-electron chi connectivity index (χ0n) is 12.4. The number of allylic oxidation sites excluding steroid dienone is 1. The van der Waals surface area contributed by atoms with Crippen LogP contribution in [-0.2, 0) is 20.7 Å². The molecule has 22 heavy (non-hydrogen) atoms. The lowest BCUT2D eigenvalue weighted by atomic mass is 10.1. The average Bonchev–Trinajstić information content (AvgIpc) is 2.49. The first-order chi connectivity index (χ1) is 10.5. The number of methoxy groups -OCH3 is 1. The lowest BCUT2D eigenvalue weighted by Crippen LogP contribution is -2.42. The van der Waals surface area contributed by atoms with Crippen molar-refractivity contribution in [2.24, 2.45) is 0 Å². The van der Waals surface area contributed by atoms with E-state index >= 15 is 0 Å². The van der Waals surface area contributed by atoms with Gasteiger partial charge in [0.05, 0.1) is 13.5 Å². The molecule has 1 aromatic rings. The van der Waals surface area contributed by atoms with Crippen molar-refractivity contribution in [2.75, 3.05) is 7.11 Å². The molecule has 0 saturated carbocycles. The number of nitrogens with one attached hydrogen (secondary N) is 1. The van der Waals surface area contributed by atoms with Gasteiger partial charge in [0.15, 0.2) is 11.6 Å². The van der Waals surface area contributed by atoms with E-state index in [1.807, 2.05) is 0 Å². The SMILES string of the molecule is C=CCCC[C@@H](NC(=O)Cc1ccc(F)c(F)c1)C(=O)OC. The number of ether oxygens (including phenoxy) is 1. The molecule has 0 unspecified atom stereocenters. The van der Waals surface area contributed by atoms with E-state index in [-0.39, 0.29) is 6.42 Å². The second-order valence-electron chi connectivity index (χ2n) is 4.79. The number of esters is 1. The number of amides is 1. The predicted molar refractivity (Wildman–Crippen MR) is 78.1 cm³/mol. The molecule has 4 nitrogen and oxygen atoms in total. The maximum absolute atomic E-state index is 13.1. The van der Waals surface area contributed by atoms with Crippen LogP contribution in [0.2, 0.25) is 0 Å². The predicted octanol–water partition coefficient (Wildman–Crippen LogP) is 2.52. The summed E-state index contributed by atoms with van der Waals surface area (Å²) in [6.45, 7) is 3.58. The molecule has 6 heteroatoms. The molecular formula is C16H19F2NO3. The molecule has 120 valence electrons. The highest BCUT2D eigenvalue weighted by molar-refractivity contribution is 5.85. The Hall–Kier alpha value is -2.24. The van der Waals surface area contributed by atoms with Gasteiger partial charge in [-0.05, 0) is 37.0 Å². The normalized spacial score (nSPS) is 11.6. The lowest BCUT2D eigenvalue weighted by molar-refractivity contribution is -0.145. The smallest absolute Gasteiger partial charge is 0.328 e. The van der Waals surface area contributed by atoms with Gasteiger partial charge in [-0.15, -0.1) is 6.58 Å². The molecule has 0 saturated heterocycles. The number of halogens is 2. The third kappa shape index (κ3) is 5.63. The van der Waals surface area contributed by atoms with Crippen molar-refractivity contribution < 1.29 is 23.1 Å². The maximum Gasteiger partial charge on any atom is 0.328 e. The van der Waals surface area contributed by atoms with Gasteiger partial charge in [-0.3, -0.25) is 4.79 Å². The molecule has 0 radical (unpaired) electrons. The van der Waals surface area contributed by atoms with Crippen LogP contribution in [-0.4, -0.2) is 25.0 Å². The number of unbranched alkanes of at least 4 members (excludes halogenated alkanes) is 1. The summed E-state index contributed by atoms with van der Waals surface area (Å²) >= 11 is 0. The minimum absolute atomic E-state index is 0.147. The molecule has 0 bridgehead atoms. The number of carbonyl (C=O) groups excluding carboxylic acids is 2. The Kier molecular flexibility index (Phi) is 7.22. The van der Waals surface area contributed by atoms with Gasteiger partial charge in [0.2, 0.25) is 5.91 Å². The monoisotopic (exact) mass is 311 g/mol. The van der Waals surface area contributed by atoms with Gasteiger partial charge in [0.25, 0.3) is 0 Å². The Bertz CT molecular complexity index is 546. The van der Waals surface area contributed by atoms with Crippen LogP contribution in [0.3, 0.4) is 0 Å². The van der Waals surface area contributed by atoms with E-state index in [0.29, 0.717) is 24.8 Å². The summed E-state index contributed by atoms with van der Waals surface area (Å²) in [5.74, 6) is -2.98. The molecule has 0 aliphatic carbocycles. The van der Waals surface area contributed by atoms with Gasteiger partial charge in [-0.25, -0.2) is 13.6 Å². The molecule has 1 amide bonds. The number of carbonyl (C=O) groups is 2. The minimum Gasteiger partial charge on any atom is -0.467 e. The summed E-state index contributed by atoms with van der Waals surface area (Å²) in [6.07, 6.45) is 3.38. The fraction of sp³-hybridized carbons (Fsp3) is 0.375. The van der Waals surface area contributed by atoms with E-state index in [1.165, 1.54) is 13.2 Å². The fourth-order valence-corrected chi connectivity index (χ4v) is 1.94. The van der Waals surface area contributed by atoms with E-state index in [9.17, 15) is 18.4 Å². The van der Waals surface area contributed by atoms with Gasteiger partial charge < -0.3 is 10.1 Å². The van der Waals surface area contributed by atoms with Crippen LogP contribution in [0.1, 0.15) is 24.8 Å². The summed E-state index contributed by atoms with van der Waals surface area (Å²) in [7, 11) is 1.24. The van der Waals surface area contributed by atoms with Crippen LogP contribution < -0.4 is 5.32 Å². The molecular weight excluding hydrogens is 292 g/mol. The standard InChI is InChI=1S/C16H19F2NO3/c1-3-4-5-6-14(16(21)22-2)19-15(20)10-11-7-8-12(17)13(18)9-11/h3,7-9,14H,1,4-6,10H2,2H3,(H,19,20)/t14-/m1/s1. The Balaban J connectivity index is 2.63. The molecule has 1 rings (SSSR count). The van der Waals surface area contributed by atoms with E-state index in [2.05, 4.69) is 16.6 Å². The van der Waals surface area contributed by atoms with Crippen LogP contribution in [0, 0.1) is 11.6 Å². The van der Waals surface area contributed by atoms with E-state index < -0.39 is 29.6 Å². The molecule has 1 aromatic carbocycles. The van der Waals surface area contributed by atoms with Crippen LogP contribution in [0.25, 0.3) is 0 Å². The van der Waals surface area contributed by atoms with E-state index in [1.54, 1.807) is 6.08 Å². The lowest BCUT2D eigenvalue weighted by Gasteiger charge is -2.16. The first-order valence-electron chi connectivity index (χ1n) is 6.90. The third-order valence-corrected chi connectivity index (χ3v) is 3.07. The molecule has 1 N–H and O–H groups in total. The van der Waals surface area contributed by atoms with Crippen molar-refractivity contribution in [1.82, 2.24) is 5.32 Å². The number of benzene rings is 1. The van der Waals surface area contributed by atoms with Crippen LogP contribution in [0.5, 0.6) is 0 Å². The van der Waals surface area contributed by atoms with Crippen molar-refractivity contribution in [2.45, 2.75) is 31.7 Å². The van der Waals surface area contributed by atoms with Gasteiger partial charge in [-0.2, -0.15) is 0 Å². The van der Waals surface area contributed by atoms with Gasteiger partial charge in [0, 0.05) is 0 Å². The Labute approximate surface area is 128 Å². The summed E-state index contributed by atoms with van der Waals surface area (Å²) in [6, 6.07) is 2.48. The summed E-state index contributed by atoms with van der Waals surface area (Å²) in [5, 5.41) is 2.55. The molecule has 0 fully saturated rings. The largest absolute Gasteiger partial charge is 0.467 e. The fourth-order valence-electron chi connectivity index (χ4n) is 1.94. The summed E-state index contributed by atoms with van der Waals surface area (Å²) in [5.41, 5.74) is 0.325. The number of hydrogen-bond acceptors (Lipinski definition) is 3. The second kappa shape index (κ2) is 8.92. The number of rotatable bonds is 8. The van der Waals surface area contributed by atoms with Crippen LogP contribution >= 0.6 is 0 Å².